The lowest BCUT2D eigenvalue weighted by molar-refractivity contribution is 0.696. The Hall–Kier alpha value is -1.06. The average Bonchev–Trinajstić information content (AvgIpc) is 2.43. The largest absolute Gasteiger partial charge is 0.330 e. The van der Waals surface area contributed by atoms with E-state index in [0.29, 0.717) is 5.02 Å². The second-order valence-corrected chi connectivity index (χ2v) is 3.89. The summed E-state index contributed by atoms with van der Waals surface area (Å²) in [7, 11) is 1.96. The highest BCUT2D eigenvalue weighted by Crippen LogP contribution is 2.21. The predicted molar refractivity (Wildman–Crippen MR) is 58.3 cm³/mol. The highest BCUT2D eigenvalue weighted by Gasteiger charge is 2.10. The second-order valence-electron chi connectivity index (χ2n) is 3.45. The molecular formula is C10H12ClN3. The number of aryl methyl sites for hydroxylation is 1. The van der Waals surface area contributed by atoms with Gasteiger partial charge in [-0.15, -0.1) is 0 Å². The Bertz CT molecular complexity index is 473. The quantitative estimate of drug-likeness (QED) is 0.783. The zero-order chi connectivity index (χ0) is 10.3. The molecule has 1 heterocycles. The average molecular weight is 210 g/mol. The summed E-state index contributed by atoms with van der Waals surface area (Å²) in [4.78, 5) is 4.43. The summed E-state index contributed by atoms with van der Waals surface area (Å²) in [6, 6.07) is 5.60. The van der Waals surface area contributed by atoms with Crippen LogP contribution in [0.1, 0.15) is 18.8 Å². The van der Waals surface area contributed by atoms with Crippen molar-refractivity contribution in [3.05, 3.63) is 29.0 Å². The Morgan fingerprint density at radius 1 is 1.50 bits per heavy atom. The first-order chi connectivity index (χ1) is 6.59. The van der Waals surface area contributed by atoms with E-state index >= 15 is 0 Å². The van der Waals surface area contributed by atoms with Crippen molar-refractivity contribution in [2.24, 2.45) is 12.8 Å². The molecule has 14 heavy (non-hydrogen) atoms. The molecule has 0 saturated carbocycles. The lowest BCUT2D eigenvalue weighted by Gasteiger charge is -2.04. The molecule has 1 atom stereocenters. The first kappa shape index (κ1) is 9.49. The molecule has 0 spiro atoms. The van der Waals surface area contributed by atoms with E-state index in [2.05, 4.69) is 4.98 Å². The molecule has 3 nitrogen and oxygen atoms in total. The van der Waals surface area contributed by atoms with Crippen molar-refractivity contribution in [2.45, 2.75) is 13.0 Å². The number of benzene rings is 1. The molecule has 0 amide bonds. The van der Waals surface area contributed by atoms with Gasteiger partial charge in [-0.2, -0.15) is 0 Å². The maximum absolute atomic E-state index is 5.88. The van der Waals surface area contributed by atoms with E-state index in [-0.39, 0.29) is 6.04 Å². The van der Waals surface area contributed by atoms with Gasteiger partial charge in [-0.3, -0.25) is 0 Å². The minimum atomic E-state index is -0.0637. The highest BCUT2D eigenvalue weighted by atomic mass is 35.5. The molecule has 0 aliphatic heterocycles. The highest BCUT2D eigenvalue weighted by molar-refractivity contribution is 6.31. The lowest BCUT2D eigenvalue weighted by Crippen LogP contribution is -2.11. The van der Waals surface area contributed by atoms with E-state index in [1.807, 2.05) is 36.7 Å². The number of rotatable bonds is 1. The molecule has 1 aromatic heterocycles. The van der Waals surface area contributed by atoms with Crippen LogP contribution < -0.4 is 5.73 Å². The lowest BCUT2D eigenvalue weighted by atomic mass is 10.3. The van der Waals surface area contributed by atoms with Crippen molar-refractivity contribution in [1.29, 1.82) is 0 Å². The minimum absolute atomic E-state index is 0.0637. The van der Waals surface area contributed by atoms with Crippen molar-refractivity contribution in [1.82, 2.24) is 9.55 Å². The maximum Gasteiger partial charge on any atom is 0.126 e. The molecule has 0 bridgehead atoms. The van der Waals surface area contributed by atoms with Crippen LogP contribution in [-0.2, 0) is 7.05 Å². The number of nitrogens with two attached hydrogens (primary N) is 1. The first-order valence-electron chi connectivity index (χ1n) is 4.47. The van der Waals surface area contributed by atoms with Gasteiger partial charge in [-0.25, -0.2) is 4.98 Å². The van der Waals surface area contributed by atoms with Crippen LogP contribution in [0, 0.1) is 0 Å². The molecule has 0 fully saturated rings. The summed E-state index contributed by atoms with van der Waals surface area (Å²) in [6.07, 6.45) is 0. The van der Waals surface area contributed by atoms with Crippen LogP contribution in [0.5, 0.6) is 0 Å². The molecule has 0 aliphatic carbocycles. The fourth-order valence-electron chi connectivity index (χ4n) is 1.60. The molecule has 0 radical (unpaired) electrons. The van der Waals surface area contributed by atoms with E-state index in [1.165, 1.54) is 0 Å². The minimum Gasteiger partial charge on any atom is -0.330 e. The first-order valence-corrected chi connectivity index (χ1v) is 4.85. The second kappa shape index (κ2) is 3.26. The van der Waals surface area contributed by atoms with Crippen molar-refractivity contribution >= 4 is 22.6 Å². The van der Waals surface area contributed by atoms with E-state index in [9.17, 15) is 0 Å². The predicted octanol–water partition coefficient (Wildman–Crippen LogP) is 2.25. The van der Waals surface area contributed by atoms with Gasteiger partial charge in [-0.1, -0.05) is 11.6 Å². The Kier molecular flexibility index (Phi) is 2.21. The van der Waals surface area contributed by atoms with Gasteiger partial charge in [0.05, 0.1) is 17.1 Å². The van der Waals surface area contributed by atoms with Crippen molar-refractivity contribution in [2.75, 3.05) is 0 Å². The van der Waals surface area contributed by atoms with E-state index in [0.717, 1.165) is 16.9 Å². The number of nitrogens with zero attached hydrogens (tertiary/aromatic N) is 2. The third-order valence-electron chi connectivity index (χ3n) is 2.28. The number of hydrogen-bond donors (Lipinski definition) is 1. The number of imidazole rings is 1. The molecule has 74 valence electrons. The molecule has 0 aliphatic rings. The van der Waals surface area contributed by atoms with Crippen LogP contribution in [0.25, 0.3) is 11.0 Å². The maximum atomic E-state index is 5.88. The standard InChI is InChI=1S/C10H12ClN3/c1-6(12)10-13-8-5-7(11)3-4-9(8)14(10)2/h3-6H,12H2,1-2H3. The van der Waals surface area contributed by atoms with Crippen molar-refractivity contribution < 1.29 is 0 Å². The summed E-state index contributed by atoms with van der Waals surface area (Å²) in [5.41, 5.74) is 7.75. The summed E-state index contributed by atoms with van der Waals surface area (Å²) in [6.45, 7) is 1.92. The smallest absolute Gasteiger partial charge is 0.126 e. The molecule has 2 N–H and O–H groups in total. The van der Waals surface area contributed by atoms with Crippen LogP contribution in [-0.4, -0.2) is 9.55 Å². The Morgan fingerprint density at radius 3 is 2.86 bits per heavy atom. The van der Waals surface area contributed by atoms with E-state index < -0.39 is 0 Å². The van der Waals surface area contributed by atoms with Crippen LogP contribution in [0.2, 0.25) is 5.02 Å². The van der Waals surface area contributed by atoms with Gasteiger partial charge in [0.2, 0.25) is 0 Å². The van der Waals surface area contributed by atoms with Crippen LogP contribution in [0.15, 0.2) is 18.2 Å². The summed E-state index contributed by atoms with van der Waals surface area (Å²) >= 11 is 5.88. The SMILES string of the molecule is CC(N)c1nc2cc(Cl)ccc2n1C. The van der Waals surface area contributed by atoms with Crippen molar-refractivity contribution in [3.8, 4) is 0 Å². The van der Waals surface area contributed by atoms with Crippen LogP contribution in [0.3, 0.4) is 0 Å². The van der Waals surface area contributed by atoms with Crippen LogP contribution in [0.4, 0.5) is 0 Å². The van der Waals surface area contributed by atoms with E-state index in [1.54, 1.807) is 0 Å². The number of hydrogen-bond acceptors (Lipinski definition) is 2. The van der Waals surface area contributed by atoms with Crippen molar-refractivity contribution in [3.63, 3.8) is 0 Å². The van der Waals surface area contributed by atoms with Gasteiger partial charge < -0.3 is 10.3 Å². The molecule has 1 aromatic carbocycles. The van der Waals surface area contributed by atoms with Gasteiger partial charge >= 0.3 is 0 Å². The monoisotopic (exact) mass is 209 g/mol. The number of aromatic nitrogens is 2. The van der Waals surface area contributed by atoms with Gasteiger partial charge in [0.1, 0.15) is 5.82 Å². The van der Waals surface area contributed by atoms with E-state index in [4.69, 9.17) is 17.3 Å². The normalized spacial score (nSPS) is 13.4. The zero-order valence-corrected chi connectivity index (χ0v) is 8.92. The zero-order valence-electron chi connectivity index (χ0n) is 8.16. The third kappa shape index (κ3) is 1.38. The topological polar surface area (TPSA) is 43.8 Å². The molecule has 2 aromatic rings. The van der Waals surface area contributed by atoms with Gasteiger partial charge in [0.15, 0.2) is 0 Å². The third-order valence-corrected chi connectivity index (χ3v) is 2.52. The number of halogens is 1. The molecule has 1 unspecified atom stereocenters. The molecular weight excluding hydrogens is 198 g/mol. The van der Waals surface area contributed by atoms with Gasteiger partial charge in [-0.05, 0) is 25.1 Å². The summed E-state index contributed by atoms with van der Waals surface area (Å²) < 4.78 is 2.00. The number of fused-ring (bicyclic) bond motifs is 1. The van der Waals surface area contributed by atoms with Crippen LogP contribution >= 0.6 is 11.6 Å². The molecule has 2 rings (SSSR count). The Morgan fingerprint density at radius 2 is 2.21 bits per heavy atom. The Labute approximate surface area is 87.5 Å². The summed E-state index contributed by atoms with van der Waals surface area (Å²) in [5.74, 6) is 0.877. The summed E-state index contributed by atoms with van der Waals surface area (Å²) in [5, 5.41) is 0.701. The fraction of sp³-hybridized carbons (Fsp3) is 0.300. The fourth-order valence-corrected chi connectivity index (χ4v) is 1.77. The molecule has 0 saturated heterocycles. The molecule has 4 heteroatoms. The van der Waals surface area contributed by atoms with Gasteiger partial charge in [0.25, 0.3) is 0 Å². The Balaban J connectivity index is 2.73. The van der Waals surface area contributed by atoms with Gasteiger partial charge in [0, 0.05) is 12.1 Å².